The van der Waals surface area contributed by atoms with E-state index < -0.39 is 6.10 Å². The number of furan rings is 1. The lowest BCUT2D eigenvalue weighted by molar-refractivity contribution is 0.171. The van der Waals surface area contributed by atoms with Gasteiger partial charge in [0.2, 0.25) is 5.76 Å². The first-order valence-electron chi connectivity index (χ1n) is 7.86. The lowest BCUT2D eigenvalue weighted by Crippen LogP contribution is -2.24. The molecule has 2 atom stereocenters. The number of β-amino-alcohol motifs (C(OH)–C–C–N with tert-alkyl or cyclic N) is 1. The molecular weight excluding hydrogens is 311 g/mol. The normalized spacial score (nSPS) is 21.4. The van der Waals surface area contributed by atoms with Crippen LogP contribution in [0.3, 0.4) is 0 Å². The van der Waals surface area contributed by atoms with Crippen LogP contribution in [0.15, 0.2) is 57.7 Å². The van der Waals surface area contributed by atoms with Gasteiger partial charge in [0.1, 0.15) is 5.82 Å². The zero-order valence-electron chi connectivity index (χ0n) is 12.9. The van der Waals surface area contributed by atoms with E-state index >= 15 is 0 Å². The van der Waals surface area contributed by atoms with Crippen LogP contribution in [0.25, 0.3) is 11.5 Å². The van der Waals surface area contributed by atoms with Gasteiger partial charge in [-0.3, -0.25) is 4.90 Å². The van der Waals surface area contributed by atoms with Gasteiger partial charge in [-0.2, -0.15) is 0 Å². The lowest BCUT2D eigenvalue weighted by Gasteiger charge is -2.23. The van der Waals surface area contributed by atoms with Crippen LogP contribution in [0.5, 0.6) is 0 Å². The van der Waals surface area contributed by atoms with Crippen molar-refractivity contribution in [3.8, 4) is 11.5 Å². The summed E-state index contributed by atoms with van der Waals surface area (Å²) in [4.78, 5) is 2.13. The first-order chi connectivity index (χ1) is 11.7. The van der Waals surface area contributed by atoms with Gasteiger partial charge in [-0.25, -0.2) is 4.39 Å². The van der Waals surface area contributed by atoms with Crippen molar-refractivity contribution in [3.05, 3.63) is 65.8 Å². The molecule has 0 unspecified atom stereocenters. The van der Waals surface area contributed by atoms with E-state index in [-0.39, 0.29) is 11.9 Å². The molecule has 2 aromatic heterocycles. The summed E-state index contributed by atoms with van der Waals surface area (Å²) in [6, 6.07) is 11.9. The summed E-state index contributed by atoms with van der Waals surface area (Å²) >= 11 is 0. The number of aliphatic hydroxyl groups is 1. The van der Waals surface area contributed by atoms with Crippen LogP contribution in [0.1, 0.15) is 23.7 Å². The first kappa shape index (κ1) is 15.1. The fourth-order valence-electron chi connectivity index (χ4n) is 3.22. The number of likely N-dealkylation sites (tertiary alicyclic amines) is 1. The molecule has 1 aliphatic rings. The second-order valence-electron chi connectivity index (χ2n) is 6.05. The quantitative estimate of drug-likeness (QED) is 0.795. The smallest absolute Gasteiger partial charge is 0.202 e. The number of hydrogen-bond acceptors (Lipinski definition) is 5. The van der Waals surface area contributed by atoms with Crippen molar-refractivity contribution in [2.24, 2.45) is 0 Å². The van der Waals surface area contributed by atoms with Crippen molar-refractivity contribution in [2.75, 3.05) is 6.54 Å². The molecular formula is C18H17FN2O3. The van der Waals surface area contributed by atoms with Crippen LogP contribution in [0, 0.1) is 5.82 Å². The minimum atomic E-state index is -0.406. The predicted octanol–water partition coefficient (Wildman–Crippen LogP) is 3.38. The largest absolute Gasteiger partial charge is 0.461 e. The molecule has 3 heterocycles. The van der Waals surface area contributed by atoms with Gasteiger partial charge in [-0.05, 0) is 36.2 Å². The Labute approximate surface area is 138 Å². The Morgan fingerprint density at radius 1 is 1.21 bits per heavy atom. The average Bonchev–Trinajstić information content (AvgIpc) is 3.29. The summed E-state index contributed by atoms with van der Waals surface area (Å²) < 4.78 is 23.8. The number of hydrogen-bond donors (Lipinski definition) is 1. The van der Waals surface area contributed by atoms with Gasteiger partial charge < -0.3 is 14.0 Å². The standard InChI is InChI=1S/C18H17FN2O3/c19-13-5-3-12(4-6-13)16-9-15(22)11-21(16)10-14-8-18(24-20-14)17-2-1-7-23-17/h1-8,15-16,22H,9-11H2/t15-,16+/m0/s1. The molecule has 0 bridgehead atoms. The Morgan fingerprint density at radius 2 is 2.04 bits per heavy atom. The first-order valence-corrected chi connectivity index (χ1v) is 7.86. The topological polar surface area (TPSA) is 62.6 Å². The molecule has 1 fully saturated rings. The molecule has 0 spiro atoms. The Hall–Kier alpha value is -2.44. The number of benzene rings is 1. The minimum absolute atomic E-state index is 0.0318. The molecule has 1 aliphatic heterocycles. The second-order valence-corrected chi connectivity index (χ2v) is 6.05. The molecule has 0 amide bonds. The zero-order valence-corrected chi connectivity index (χ0v) is 12.9. The minimum Gasteiger partial charge on any atom is -0.461 e. The van der Waals surface area contributed by atoms with Crippen molar-refractivity contribution in [2.45, 2.75) is 25.1 Å². The Morgan fingerprint density at radius 3 is 2.79 bits per heavy atom. The van der Waals surface area contributed by atoms with Gasteiger partial charge in [0, 0.05) is 25.2 Å². The SMILES string of the molecule is O[C@H]1C[C@H](c2ccc(F)cc2)N(Cc2cc(-c3ccco3)on2)C1. The summed E-state index contributed by atoms with van der Waals surface area (Å²) in [5, 5.41) is 14.1. The predicted molar refractivity (Wildman–Crippen MR) is 84.4 cm³/mol. The summed E-state index contributed by atoms with van der Waals surface area (Å²) in [5.41, 5.74) is 1.75. The van der Waals surface area contributed by atoms with E-state index in [1.807, 2.05) is 12.1 Å². The highest BCUT2D eigenvalue weighted by Crippen LogP contribution is 2.33. The third-order valence-corrected chi connectivity index (χ3v) is 4.32. The van der Waals surface area contributed by atoms with Crippen LogP contribution in [-0.4, -0.2) is 27.8 Å². The second kappa shape index (κ2) is 6.22. The maximum Gasteiger partial charge on any atom is 0.202 e. The number of aromatic nitrogens is 1. The highest BCUT2D eigenvalue weighted by molar-refractivity contribution is 5.49. The van der Waals surface area contributed by atoms with Gasteiger partial charge in [0.15, 0.2) is 5.76 Å². The lowest BCUT2D eigenvalue weighted by atomic mass is 10.0. The van der Waals surface area contributed by atoms with Crippen molar-refractivity contribution in [3.63, 3.8) is 0 Å². The van der Waals surface area contributed by atoms with Gasteiger partial charge in [-0.15, -0.1) is 0 Å². The summed E-state index contributed by atoms with van der Waals surface area (Å²) in [6.07, 6.45) is 1.80. The van der Waals surface area contributed by atoms with E-state index in [1.54, 1.807) is 24.5 Å². The van der Waals surface area contributed by atoms with Crippen LogP contribution >= 0.6 is 0 Å². The fourth-order valence-corrected chi connectivity index (χ4v) is 3.22. The number of halogens is 1. The molecule has 0 aliphatic carbocycles. The molecule has 4 rings (SSSR count). The maximum absolute atomic E-state index is 13.1. The number of nitrogens with zero attached hydrogens (tertiary/aromatic N) is 2. The van der Waals surface area contributed by atoms with E-state index in [2.05, 4.69) is 10.1 Å². The Balaban J connectivity index is 1.53. The molecule has 1 saturated heterocycles. The summed E-state index contributed by atoms with van der Waals surface area (Å²) in [6.45, 7) is 1.09. The summed E-state index contributed by atoms with van der Waals surface area (Å²) in [7, 11) is 0. The van der Waals surface area contributed by atoms with Crippen LogP contribution < -0.4 is 0 Å². The van der Waals surface area contributed by atoms with Crippen molar-refractivity contribution >= 4 is 0 Å². The molecule has 6 heteroatoms. The third kappa shape index (κ3) is 2.98. The monoisotopic (exact) mass is 328 g/mol. The number of aliphatic hydroxyl groups excluding tert-OH is 1. The van der Waals surface area contributed by atoms with Crippen molar-refractivity contribution < 1.29 is 18.4 Å². The van der Waals surface area contributed by atoms with Crippen LogP contribution in [0.4, 0.5) is 4.39 Å². The van der Waals surface area contributed by atoms with E-state index in [4.69, 9.17) is 8.94 Å². The van der Waals surface area contributed by atoms with E-state index in [0.29, 0.717) is 31.0 Å². The molecule has 0 radical (unpaired) electrons. The third-order valence-electron chi connectivity index (χ3n) is 4.32. The zero-order chi connectivity index (χ0) is 16.5. The highest BCUT2D eigenvalue weighted by Gasteiger charge is 2.32. The molecule has 24 heavy (non-hydrogen) atoms. The van der Waals surface area contributed by atoms with E-state index in [9.17, 15) is 9.50 Å². The average molecular weight is 328 g/mol. The Bertz CT molecular complexity index is 798. The summed E-state index contributed by atoms with van der Waals surface area (Å²) in [5.74, 6) is 0.946. The van der Waals surface area contributed by atoms with E-state index in [1.165, 1.54) is 12.1 Å². The highest BCUT2D eigenvalue weighted by atomic mass is 19.1. The van der Waals surface area contributed by atoms with Gasteiger partial charge in [0.25, 0.3) is 0 Å². The van der Waals surface area contributed by atoms with Crippen LogP contribution in [0.2, 0.25) is 0 Å². The van der Waals surface area contributed by atoms with Gasteiger partial charge in [-0.1, -0.05) is 17.3 Å². The molecule has 124 valence electrons. The van der Waals surface area contributed by atoms with Gasteiger partial charge in [0.05, 0.1) is 18.1 Å². The fraction of sp³-hybridized carbons (Fsp3) is 0.278. The molecule has 1 aromatic carbocycles. The molecule has 1 N–H and O–H groups in total. The Kier molecular flexibility index (Phi) is 3.92. The van der Waals surface area contributed by atoms with Crippen molar-refractivity contribution in [1.29, 1.82) is 0 Å². The molecule has 0 saturated carbocycles. The van der Waals surface area contributed by atoms with Gasteiger partial charge >= 0.3 is 0 Å². The van der Waals surface area contributed by atoms with E-state index in [0.717, 1.165) is 11.3 Å². The molecule has 3 aromatic rings. The molecule has 5 nitrogen and oxygen atoms in total. The maximum atomic E-state index is 13.1. The van der Waals surface area contributed by atoms with Crippen molar-refractivity contribution in [1.82, 2.24) is 10.1 Å². The number of rotatable bonds is 4. The van der Waals surface area contributed by atoms with Crippen LogP contribution in [-0.2, 0) is 6.54 Å².